The lowest BCUT2D eigenvalue weighted by atomic mass is 9.99. The van der Waals surface area contributed by atoms with E-state index in [0.29, 0.717) is 5.02 Å². The number of rotatable bonds is 5. The van der Waals surface area contributed by atoms with Crippen LogP contribution in [0.3, 0.4) is 0 Å². The molecule has 116 valence electrons. The van der Waals surface area contributed by atoms with Crippen molar-refractivity contribution in [2.45, 2.75) is 12.5 Å². The van der Waals surface area contributed by atoms with Crippen LogP contribution in [0.15, 0.2) is 78.9 Å². The number of halogens is 1. The molecule has 0 spiro atoms. The largest absolute Gasteiger partial charge is 0.457 e. The molecule has 0 amide bonds. The normalized spacial score (nSPS) is 11.9. The van der Waals surface area contributed by atoms with Crippen molar-refractivity contribution in [1.82, 2.24) is 0 Å². The monoisotopic (exact) mass is 323 g/mol. The molecule has 0 saturated heterocycles. The third kappa shape index (κ3) is 4.13. The van der Waals surface area contributed by atoms with Gasteiger partial charge >= 0.3 is 0 Å². The SMILES string of the molecule is NC(Cc1ccccc1)c1cc(Oc2ccccc2)ccc1Cl. The topological polar surface area (TPSA) is 35.2 Å². The summed E-state index contributed by atoms with van der Waals surface area (Å²) in [4.78, 5) is 0. The highest BCUT2D eigenvalue weighted by Gasteiger charge is 2.12. The summed E-state index contributed by atoms with van der Waals surface area (Å²) in [6.07, 6.45) is 0.731. The van der Waals surface area contributed by atoms with Crippen molar-refractivity contribution in [3.8, 4) is 11.5 Å². The van der Waals surface area contributed by atoms with Gasteiger partial charge in [-0.1, -0.05) is 60.1 Å². The van der Waals surface area contributed by atoms with Gasteiger partial charge in [0.25, 0.3) is 0 Å². The van der Waals surface area contributed by atoms with Gasteiger partial charge in [0.15, 0.2) is 0 Å². The summed E-state index contributed by atoms with van der Waals surface area (Å²) in [6, 6.07) is 25.2. The first kappa shape index (κ1) is 15.6. The zero-order chi connectivity index (χ0) is 16.1. The summed E-state index contributed by atoms with van der Waals surface area (Å²) in [5.74, 6) is 1.52. The van der Waals surface area contributed by atoms with Gasteiger partial charge in [0.05, 0.1) is 0 Å². The van der Waals surface area contributed by atoms with E-state index in [2.05, 4.69) is 12.1 Å². The fourth-order valence-corrected chi connectivity index (χ4v) is 2.73. The van der Waals surface area contributed by atoms with Crippen LogP contribution in [0.25, 0.3) is 0 Å². The van der Waals surface area contributed by atoms with Crippen LogP contribution in [0.5, 0.6) is 11.5 Å². The van der Waals surface area contributed by atoms with Crippen LogP contribution in [-0.2, 0) is 6.42 Å². The number of hydrogen-bond acceptors (Lipinski definition) is 2. The Hall–Kier alpha value is -2.29. The lowest BCUT2D eigenvalue weighted by molar-refractivity contribution is 0.481. The Bertz CT molecular complexity index is 759. The molecule has 0 aliphatic rings. The van der Waals surface area contributed by atoms with Gasteiger partial charge in [-0.2, -0.15) is 0 Å². The van der Waals surface area contributed by atoms with Gasteiger partial charge in [-0.15, -0.1) is 0 Å². The summed E-state index contributed by atoms with van der Waals surface area (Å²) in [6.45, 7) is 0. The van der Waals surface area contributed by atoms with Gasteiger partial charge in [0, 0.05) is 11.1 Å². The predicted molar refractivity (Wildman–Crippen MR) is 95.0 cm³/mol. The third-order valence-electron chi connectivity index (χ3n) is 3.64. The maximum Gasteiger partial charge on any atom is 0.127 e. The van der Waals surface area contributed by atoms with Gasteiger partial charge in [-0.25, -0.2) is 0 Å². The van der Waals surface area contributed by atoms with Crippen molar-refractivity contribution in [3.05, 3.63) is 95.0 Å². The first-order chi connectivity index (χ1) is 11.2. The van der Waals surface area contributed by atoms with E-state index in [1.165, 1.54) is 5.56 Å². The molecule has 2 N–H and O–H groups in total. The molecule has 3 aromatic carbocycles. The van der Waals surface area contributed by atoms with Crippen molar-refractivity contribution in [3.63, 3.8) is 0 Å². The molecular weight excluding hydrogens is 306 g/mol. The third-order valence-corrected chi connectivity index (χ3v) is 3.99. The second-order valence-corrected chi connectivity index (χ2v) is 5.80. The predicted octanol–water partition coefficient (Wildman–Crippen LogP) is 5.37. The average Bonchev–Trinajstić information content (AvgIpc) is 2.58. The van der Waals surface area contributed by atoms with Crippen molar-refractivity contribution >= 4 is 11.6 Å². The van der Waals surface area contributed by atoms with E-state index in [0.717, 1.165) is 23.5 Å². The standard InChI is InChI=1S/C20H18ClNO/c21-19-12-11-17(23-16-9-5-2-6-10-16)14-18(19)20(22)13-15-7-3-1-4-8-15/h1-12,14,20H,13,22H2. The maximum absolute atomic E-state index is 6.35. The minimum atomic E-state index is -0.177. The highest BCUT2D eigenvalue weighted by atomic mass is 35.5. The highest BCUT2D eigenvalue weighted by molar-refractivity contribution is 6.31. The highest BCUT2D eigenvalue weighted by Crippen LogP contribution is 2.30. The summed E-state index contributed by atoms with van der Waals surface area (Å²) >= 11 is 6.32. The number of para-hydroxylation sites is 1. The van der Waals surface area contributed by atoms with E-state index >= 15 is 0 Å². The van der Waals surface area contributed by atoms with Gasteiger partial charge in [0.1, 0.15) is 11.5 Å². The zero-order valence-electron chi connectivity index (χ0n) is 12.7. The number of benzene rings is 3. The summed E-state index contributed by atoms with van der Waals surface area (Å²) in [5, 5.41) is 0.661. The lowest BCUT2D eigenvalue weighted by Gasteiger charge is -2.15. The Kier molecular flexibility index (Phi) is 4.96. The molecule has 1 atom stereocenters. The van der Waals surface area contributed by atoms with E-state index in [9.17, 15) is 0 Å². The summed E-state index contributed by atoms with van der Waals surface area (Å²) < 4.78 is 5.86. The minimum absolute atomic E-state index is 0.177. The fraction of sp³-hybridized carbons (Fsp3) is 0.100. The molecule has 0 radical (unpaired) electrons. The van der Waals surface area contributed by atoms with E-state index in [-0.39, 0.29) is 6.04 Å². The molecule has 1 unspecified atom stereocenters. The molecule has 0 aliphatic carbocycles. The van der Waals surface area contributed by atoms with Gasteiger partial charge in [-0.05, 0) is 47.9 Å². The summed E-state index contributed by atoms with van der Waals surface area (Å²) in [5.41, 5.74) is 8.43. The Morgan fingerprint density at radius 1 is 0.826 bits per heavy atom. The van der Waals surface area contributed by atoms with Crippen molar-refractivity contribution < 1.29 is 4.74 Å². The summed E-state index contributed by atoms with van der Waals surface area (Å²) in [7, 11) is 0. The number of nitrogens with two attached hydrogens (primary N) is 1. The molecule has 0 aromatic heterocycles. The molecule has 0 bridgehead atoms. The Labute approximate surface area is 141 Å². The second-order valence-electron chi connectivity index (χ2n) is 5.39. The molecule has 2 nitrogen and oxygen atoms in total. The first-order valence-corrected chi connectivity index (χ1v) is 7.92. The van der Waals surface area contributed by atoms with Gasteiger partial charge in [0.2, 0.25) is 0 Å². The van der Waals surface area contributed by atoms with Crippen molar-refractivity contribution in [2.75, 3.05) is 0 Å². The Morgan fingerprint density at radius 3 is 2.17 bits per heavy atom. The number of ether oxygens (including phenoxy) is 1. The quantitative estimate of drug-likeness (QED) is 0.684. The Balaban J connectivity index is 1.80. The van der Waals surface area contributed by atoms with Crippen LogP contribution in [-0.4, -0.2) is 0 Å². The van der Waals surface area contributed by atoms with E-state index < -0.39 is 0 Å². The minimum Gasteiger partial charge on any atom is -0.457 e. The van der Waals surface area contributed by atoms with Crippen molar-refractivity contribution in [1.29, 1.82) is 0 Å². The molecule has 0 heterocycles. The smallest absolute Gasteiger partial charge is 0.127 e. The molecule has 0 aliphatic heterocycles. The van der Waals surface area contributed by atoms with Crippen LogP contribution in [0.1, 0.15) is 17.2 Å². The van der Waals surface area contributed by atoms with Crippen LogP contribution in [0, 0.1) is 0 Å². The fourth-order valence-electron chi connectivity index (χ4n) is 2.47. The average molecular weight is 324 g/mol. The first-order valence-electron chi connectivity index (χ1n) is 7.54. The van der Waals surface area contributed by atoms with Crippen LogP contribution < -0.4 is 10.5 Å². The van der Waals surface area contributed by atoms with E-state index in [4.69, 9.17) is 22.1 Å². The molecule has 3 aromatic rings. The molecule has 3 heteroatoms. The van der Waals surface area contributed by atoms with Gasteiger partial charge in [-0.3, -0.25) is 0 Å². The number of hydrogen-bond donors (Lipinski definition) is 1. The molecule has 0 saturated carbocycles. The second kappa shape index (κ2) is 7.32. The van der Waals surface area contributed by atoms with E-state index in [1.54, 1.807) is 0 Å². The van der Waals surface area contributed by atoms with E-state index in [1.807, 2.05) is 66.7 Å². The lowest BCUT2D eigenvalue weighted by Crippen LogP contribution is -2.14. The van der Waals surface area contributed by atoms with Crippen LogP contribution in [0.2, 0.25) is 5.02 Å². The van der Waals surface area contributed by atoms with Crippen LogP contribution >= 0.6 is 11.6 Å². The maximum atomic E-state index is 6.35. The molecule has 23 heavy (non-hydrogen) atoms. The molecular formula is C20H18ClNO. The Morgan fingerprint density at radius 2 is 1.48 bits per heavy atom. The molecule has 3 rings (SSSR count). The van der Waals surface area contributed by atoms with Crippen LogP contribution in [0.4, 0.5) is 0 Å². The zero-order valence-corrected chi connectivity index (χ0v) is 13.4. The molecule has 0 fully saturated rings. The van der Waals surface area contributed by atoms with Gasteiger partial charge < -0.3 is 10.5 Å². The van der Waals surface area contributed by atoms with Crippen molar-refractivity contribution in [2.24, 2.45) is 5.73 Å².